The first kappa shape index (κ1) is 17.2. The molecule has 4 rings (SSSR count). The number of hydrogen-bond donors (Lipinski definition) is 1. The summed E-state index contributed by atoms with van der Waals surface area (Å²) in [5, 5.41) is 10.6. The van der Waals surface area contributed by atoms with Gasteiger partial charge < -0.3 is 9.67 Å². The van der Waals surface area contributed by atoms with Gasteiger partial charge in [0.1, 0.15) is 0 Å². The highest BCUT2D eigenvalue weighted by molar-refractivity contribution is 6.03. The maximum atomic E-state index is 13.1. The zero-order valence-corrected chi connectivity index (χ0v) is 15.5. The minimum Gasteiger partial charge on any atom is -0.389 e. The minimum absolute atomic E-state index is 0.0341. The van der Waals surface area contributed by atoms with Crippen LogP contribution in [-0.4, -0.2) is 44.0 Å². The van der Waals surface area contributed by atoms with E-state index < -0.39 is 11.5 Å². The Kier molecular flexibility index (Phi) is 3.74. The fourth-order valence-corrected chi connectivity index (χ4v) is 4.73. The summed E-state index contributed by atoms with van der Waals surface area (Å²) in [4.78, 5) is 31.5. The molecule has 3 atom stereocenters. The van der Waals surface area contributed by atoms with Crippen molar-refractivity contribution in [3.05, 3.63) is 30.6 Å². The van der Waals surface area contributed by atoms with Crippen LogP contribution in [0.2, 0.25) is 0 Å². The van der Waals surface area contributed by atoms with E-state index in [-0.39, 0.29) is 29.7 Å². The van der Waals surface area contributed by atoms with Gasteiger partial charge in [-0.3, -0.25) is 14.5 Å². The number of β-amino-alcohol motifs (C(OH)–C–C–N with tert-alkyl or cyclic N) is 1. The summed E-state index contributed by atoms with van der Waals surface area (Å²) in [5.74, 6) is -0.424. The van der Waals surface area contributed by atoms with Gasteiger partial charge in [0.15, 0.2) is 0 Å². The fraction of sp³-hybridized carbons (Fsp3) is 0.550. The van der Waals surface area contributed by atoms with Crippen molar-refractivity contribution in [2.45, 2.75) is 46.3 Å². The molecule has 0 radical (unpaired) electrons. The number of amides is 2. The number of aliphatic hydroxyl groups is 1. The lowest BCUT2D eigenvalue weighted by atomic mass is 9.62. The first-order valence-electron chi connectivity index (χ1n) is 9.19. The molecular formula is C20H25N3O3. The first-order valence-corrected chi connectivity index (χ1v) is 9.19. The Morgan fingerprint density at radius 3 is 2.73 bits per heavy atom. The van der Waals surface area contributed by atoms with Gasteiger partial charge in [-0.25, -0.2) is 4.98 Å². The second-order valence-electron chi connectivity index (χ2n) is 8.44. The Hall–Kier alpha value is -2.21. The highest BCUT2D eigenvalue weighted by Crippen LogP contribution is 2.60. The molecule has 2 aromatic rings. The van der Waals surface area contributed by atoms with Crippen molar-refractivity contribution in [2.24, 2.45) is 16.7 Å². The van der Waals surface area contributed by atoms with Crippen LogP contribution in [0.5, 0.6) is 0 Å². The van der Waals surface area contributed by atoms with E-state index >= 15 is 0 Å². The van der Waals surface area contributed by atoms with E-state index in [0.717, 1.165) is 23.9 Å². The van der Waals surface area contributed by atoms with Crippen molar-refractivity contribution >= 4 is 22.8 Å². The SMILES string of the molecule is CC1(C)[C@@H]2CC[C@@]1(C)C(=O)N(C[C@@H](O)Cn1cnc3ccccc31)C2=O. The number of nitrogens with zero attached hydrogens (tertiary/aromatic N) is 3. The van der Waals surface area contributed by atoms with Crippen molar-refractivity contribution in [1.29, 1.82) is 0 Å². The summed E-state index contributed by atoms with van der Waals surface area (Å²) < 4.78 is 1.86. The Bertz CT molecular complexity index is 887. The molecule has 138 valence electrons. The molecule has 2 bridgehead atoms. The Balaban J connectivity index is 1.54. The molecule has 1 N–H and O–H groups in total. The maximum Gasteiger partial charge on any atom is 0.235 e. The summed E-state index contributed by atoms with van der Waals surface area (Å²) in [6.07, 6.45) is 2.33. The van der Waals surface area contributed by atoms with E-state index in [4.69, 9.17) is 0 Å². The molecule has 1 aromatic heterocycles. The third-order valence-corrected chi connectivity index (χ3v) is 6.84. The topological polar surface area (TPSA) is 75.4 Å². The standard InChI is InChI=1S/C20H25N3O3/c1-19(2)14-8-9-20(19,3)18(26)23(17(14)25)11-13(24)10-22-12-21-15-6-4-5-7-16(15)22/h4-7,12-14,24H,8-11H2,1-3H3/t13-,14+,20-/m0/s1. The second kappa shape index (κ2) is 5.64. The van der Waals surface area contributed by atoms with Gasteiger partial charge in [0, 0.05) is 5.92 Å². The predicted molar refractivity (Wildman–Crippen MR) is 97.1 cm³/mol. The van der Waals surface area contributed by atoms with Gasteiger partial charge in [0.05, 0.1) is 42.0 Å². The Labute approximate surface area is 152 Å². The number of imide groups is 1. The number of fused-ring (bicyclic) bond motifs is 3. The molecule has 1 aromatic carbocycles. The number of carbonyl (C=O) groups is 2. The zero-order chi connectivity index (χ0) is 18.7. The van der Waals surface area contributed by atoms with Crippen molar-refractivity contribution in [3.8, 4) is 0 Å². The average Bonchev–Trinajstić information content (AvgIpc) is 3.08. The Morgan fingerprint density at radius 1 is 1.23 bits per heavy atom. The molecule has 1 saturated heterocycles. The maximum absolute atomic E-state index is 13.1. The van der Waals surface area contributed by atoms with Gasteiger partial charge in [0.25, 0.3) is 0 Å². The van der Waals surface area contributed by atoms with Gasteiger partial charge in [-0.1, -0.05) is 32.9 Å². The second-order valence-corrected chi connectivity index (χ2v) is 8.44. The molecule has 2 heterocycles. The van der Waals surface area contributed by atoms with E-state index in [1.54, 1.807) is 6.33 Å². The lowest BCUT2D eigenvalue weighted by Gasteiger charge is -2.48. The van der Waals surface area contributed by atoms with Gasteiger partial charge in [-0.15, -0.1) is 0 Å². The van der Waals surface area contributed by atoms with Crippen LogP contribution in [0, 0.1) is 16.7 Å². The van der Waals surface area contributed by atoms with Crippen LogP contribution in [-0.2, 0) is 16.1 Å². The van der Waals surface area contributed by atoms with Crippen LogP contribution < -0.4 is 0 Å². The molecule has 0 unspecified atom stereocenters. The van der Waals surface area contributed by atoms with Crippen LogP contribution in [0.15, 0.2) is 30.6 Å². The molecule has 1 aliphatic carbocycles. The molecule has 1 saturated carbocycles. The summed E-state index contributed by atoms with van der Waals surface area (Å²) in [6, 6.07) is 7.69. The van der Waals surface area contributed by atoms with Gasteiger partial charge in [0.2, 0.25) is 11.8 Å². The average molecular weight is 355 g/mol. The number of hydrogen-bond acceptors (Lipinski definition) is 4. The van der Waals surface area contributed by atoms with Crippen LogP contribution in [0.1, 0.15) is 33.6 Å². The summed E-state index contributed by atoms with van der Waals surface area (Å²) in [5.41, 5.74) is 0.920. The van der Waals surface area contributed by atoms with Gasteiger partial charge in [-0.05, 0) is 30.4 Å². The largest absolute Gasteiger partial charge is 0.389 e. The van der Waals surface area contributed by atoms with Crippen molar-refractivity contribution in [3.63, 3.8) is 0 Å². The molecule has 2 aliphatic rings. The van der Waals surface area contributed by atoms with Gasteiger partial charge in [-0.2, -0.15) is 0 Å². The van der Waals surface area contributed by atoms with Crippen LogP contribution in [0.4, 0.5) is 0 Å². The number of aromatic nitrogens is 2. The number of imidazole rings is 1. The number of aliphatic hydroxyl groups excluding tert-OH is 1. The highest BCUT2D eigenvalue weighted by atomic mass is 16.3. The third-order valence-electron chi connectivity index (χ3n) is 6.84. The molecule has 2 amide bonds. The highest BCUT2D eigenvalue weighted by Gasteiger charge is 2.64. The number of carbonyl (C=O) groups excluding carboxylic acids is 2. The number of benzene rings is 1. The molecular weight excluding hydrogens is 330 g/mol. The van der Waals surface area contributed by atoms with Crippen molar-refractivity contribution in [2.75, 3.05) is 6.54 Å². The van der Waals surface area contributed by atoms with E-state index in [2.05, 4.69) is 4.98 Å². The van der Waals surface area contributed by atoms with E-state index in [9.17, 15) is 14.7 Å². The number of para-hydroxylation sites is 2. The van der Waals surface area contributed by atoms with E-state index in [1.165, 1.54) is 4.90 Å². The number of rotatable bonds is 4. The first-order chi connectivity index (χ1) is 12.3. The van der Waals surface area contributed by atoms with E-state index in [1.807, 2.05) is 49.6 Å². The molecule has 0 spiro atoms. The molecule has 2 fully saturated rings. The summed E-state index contributed by atoms with van der Waals surface area (Å²) in [6.45, 7) is 6.33. The smallest absolute Gasteiger partial charge is 0.235 e. The van der Waals surface area contributed by atoms with Crippen molar-refractivity contribution < 1.29 is 14.7 Å². The number of piperidine rings is 1. The fourth-order valence-electron chi connectivity index (χ4n) is 4.73. The monoisotopic (exact) mass is 355 g/mol. The zero-order valence-electron chi connectivity index (χ0n) is 15.5. The summed E-state index contributed by atoms with van der Waals surface area (Å²) in [7, 11) is 0. The van der Waals surface area contributed by atoms with Crippen LogP contribution in [0.25, 0.3) is 11.0 Å². The molecule has 6 nitrogen and oxygen atoms in total. The van der Waals surface area contributed by atoms with Crippen LogP contribution in [0.3, 0.4) is 0 Å². The quantitative estimate of drug-likeness (QED) is 0.853. The van der Waals surface area contributed by atoms with Crippen LogP contribution >= 0.6 is 0 Å². The lowest BCUT2D eigenvalue weighted by molar-refractivity contribution is -0.169. The minimum atomic E-state index is -0.829. The molecule has 26 heavy (non-hydrogen) atoms. The lowest BCUT2D eigenvalue weighted by Crippen LogP contribution is -2.60. The van der Waals surface area contributed by atoms with Gasteiger partial charge >= 0.3 is 0 Å². The third kappa shape index (κ3) is 2.24. The predicted octanol–water partition coefficient (Wildman–Crippen LogP) is 2.21. The number of likely N-dealkylation sites (tertiary alicyclic amines) is 1. The van der Waals surface area contributed by atoms with Crippen molar-refractivity contribution in [1.82, 2.24) is 14.5 Å². The normalized spacial score (nSPS) is 28.8. The summed E-state index contributed by atoms with van der Waals surface area (Å²) >= 11 is 0. The van der Waals surface area contributed by atoms with E-state index in [0.29, 0.717) is 6.54 Å². The molecule has 1 aliphatic heterocycles. The molecule has 6 heteroatoms. The Morgan fingerprint density at radius 2 is 1.96 bits per heavy atom.